The van der Waals surface area contributed by atoms with E-state index in [9.17, 15) is 13.2 Å². The molecule has 0 aliphatic carbocycles. The molecule has 0 aromatic carbocycles. The summed E-state index contributed by atoms with van der Waals surface area (Å²) < 4.78 is 41.2. The number of halogens is 3. The SMILES string of the molecule is OB(O)CN1[C@H](F)CN2CCCC2C1(F)F. The van der Waals surface area contributed by atoms with E-state index in [-0.39, 0.29) is 11.4 Å². The molecule has 16 heavy (non-hydrogen) atoms. The first-order chi connectivity index (χ1) is 7.43. The van der Waals surface area contributed by atoms with E-state index in [2.05, 4.69) is 0 Å². The van der Waals surface area contributed by atoms with Gasteiger partial charge in [-0.2, -0.15) is 8.78 Å². The average molecular weight is 238 g/mol. The highest BCUT2D eigenvalue weighted by Gasteiger charge is 2.57. The summed E-state index contributed by atoms with van der Waals surface area (Å²) in [5.74, 6) is 0. The van der Waals surface area contributed by atoms with Gasteiger partial charge >= 0.3 is 13.2 Å². The lowest BCUT2D eigenvalue weighted by Gasteiger charge is -2.45. The standard InChI is InChI=1S/C8H14BF3N2O2/c10-7-4-13-3-1-2-6(13)8(11,12)14(7)5-9(15)16/h6-7,15-16H,1-5H2/t6?,7-/m0/s1. The van der Waals surface area contributed by atoms with E-state index in [1.807, 2.05) is 0 Å². The van der Waals surface area contributed by atoms with Gasteiger partial charge in [0.1, 0.15) is 0 Å². The predicted molar refractivity (Wildman–Crippen MR) is 51.3 cm³/mol. The zero-order chi connectivity index (χ0) is 11.9. The van der Waals surface area contributed by atoms with Crippen molar-refractivity contribution in [3.8, 4) is 0 Å². The molecule has 2 atom stereocenters. The van der Waals surface area contributed by atoms with Gasteiger partial charge in [0.2, 0.25) is 0 Å². The molecule has 0 aromatic heterocycles. The van der Waals surface area contributed by atoms with E-state index in [0.29, 0.717) is 19.4 Å². The zero-order valence-corrected chi connectivity index (χ0v) is 8.69. The van der Waals surface area contributed by atoms with Crippen molar-refractivity contribution in [1.82, 2.24) is 9.80 Å². The molecular formula is C8H14BF3N2O2. The van der Waals surface area contributed by atoms with Crippen molar-refractivity contribution >= 4 is 7.12 Å². The third-order valence-corrected chi connectivity index (χ3v) is 3.23. The van der Waals surface area contributed by atoms with Gasteiger partial charge in [-0.05, 0) is 19.4 Å². The third-order valence-electron chi connectivity index (χ3n) is 3.23. The van der Waals surface area contributed by atoms with Crippen molar-refractivity contribution in [3.63, 3.8) is 0 Å². The molecule has 0 saturated carbocycles. The Labute approximate surface area is 91.8 Å². The lowest BCUT2D eigenvalue weighted by Crippen LogP contribution is -2.66. The van der Waals surface area contributed by atoms with E-state index in [1.54, 1.807) is 0 Å². The van der Waals surface area contributed by atoms with E-state index in [1.165, 1.54) is 4.90 Å². The molecule has 0 bridgehead atoms. The van der Waals surface area contributed by atoms with Gasteiger partial charge in [-0.15, -0.1) is 0 Å². The Hall–Kier alpha value is -0.305. The first-order valence-corrected chi connectivity index (χ1v) is 5.31. The number of fused-ring (bicyclic) bond motifs is 1. The monoisotopic (exact) mass is 238 g/mol. The summed E-state index contributed by atoms with van der Waals surface area (Å²) >= 11 is 0. The molecule has 4 nitrogen and oxygen atoms in total. The van der Waals surface area contributed by atoms with Crippen LogP contribution in [0.25, 0.3) is 0 Å². The molecule has 1 unspecified atom stereocenters. The minimum Gasteiger partial charge on any atom is -0.426 e. The van der Waals surface area contributed by atoms with Crippen LogP contribution < -0.4 is 0 Å². The van der Waals surface area contributed by atoms with Crippen LogP contribution in [0, 0.1) is 0 Å². The summed E-state index contributed by atoms with van der Waals surface area (Å²) in [4.78, 5) is 1.69. The summed E-state index contributed by atoms with van der Waals surface area (Å²) in [7, 11) is -1.95. The number of alkyl halides is 3. The molecule has 2 heterocycles. The molecule has 2 fully saturated rings. The van der Waals surface area contributed by atoms with Crippen LogP contribution in [0.5, 0.6) is 0 Å². The summed E-state index contributed by atoms with van der Waals surface area (Å²) in [5.41, 5.74) is 0. The maximum absolute atomic E-state index is 13.9. The number of hydrogen-bond acceptors (Lipinski definition) is 4. The first kappa shape index (κ1) is 12.2. The molecule has 0 amide bonds. The Morgan fingerprint density at radius 2 is 2.06 bits per heavy atom. The Morgan fingerprint density at radius 1 is 1.38 bits per heavy atom. The first-order valence-electron chi connectivity index (χ1n) is 5.31. The van der Waals surface area contributed by atoms with E-state index < -0.39 is 31.9 Å². The summed E-state index contributed by atoms with van der Waals surface area (Å²) in [6, 6.07) is -4.34. The summed E-state index contributed by atoms with van der Waals surface area (Å²) in [6.45, 7) is 0.392. The van der Waals surface area contributed by atoms with Crippen LogP contribution in [-0.4, -0.2) is 64.9 Å². The topological polar surface area (TPSA) is 46.9 Å². The fourth-order valence-corrected chi connectivity index (χ4v) is 2.52. The molecule has 0 spiro atoms. The van der Waals surface area contributed by atoms with Gasteiger partial charge in [-0.1, -0.05) is 0 Å². The molecule has 8 heteroatoms. The number of piperazine rings is 1. The molecule has 0 aromatic rings. The second kappa shape index (κ2) is 4.17. The van der Waals surface area contributed by atoms with Crippen LogP contribution in [0.2, 0.25) is 0 Å². The van der Waals surface area contributed by atoms with Crippen molar-refractivity contribution in [2.75, 3.05) is 19.5 Å². The molecule has 2 N–H and O–H groups in total. The number of rotatable bonds is 2. The minimum absolute atomic E-state index is 0.0903. The lowest BCUT2D eigenvalue weighted by molar-refractivity contribution is -0.247. The summed E-state index contributed by atoms with van der Waals surface area (Å²) in [5, 5.41) is 17.4. The maximum Gasteiger partial charge on any atom is 0.466 e. The van der Waals surface area contributed by atoms with E-state index >= 15 is 0 Å². The Balaban J connectivity index is 2.17. The van der Waals surface area contributed by atoms with Gasteiger partial charge in [-0.25, -0.2) is 9.29 Å². The Morgan fingerprint density at radius 3 is 2.69 bits per heavy atom. The van der Waals surface area contributed by atoms with Crippen molar-refractivity contribution < 1.29 is 23.2 Å². The van der Waals surface area contributed by atoms with Gasteiger partial charge in [0, 0.05) is 13.0 Å². The largest absolute Gasteiger partial charge is 0.466 e. The predicted octanol–water partition coefficient (Wildman–Crippen LogP) is -0.333. The van der Waals surface area contributed by atoms with Gasteiger partial charge in [0.05, 0.1) is 6.04 Å². The van der Waals surface area contributed by atoms with Crippen LogP contribution in [0.15, 0.2) is 0 Å². The van der Waals surface area contributed by atoms with Crippen molar-refractivity contribution in [3.05, 3.63) is 0 Å². The highest BCUT2D eigenvalue weighted by Crippen LogP contribution is 2.39. The van der Waals surface area contributed by atoms with Crippen LogP contribution in [0.1, 0.15) is 12.8 Å². The maximum atomic E-state index is 13.9. The van der Waals surface area contributed by atoms with Crippen LogP contribution >= 0.6 is 0 Å². The van der Waals surface area contributed by atoms with Crippen molar-refractivity contribution in [2.45, 2.75) is 31.2 Å². The van der Waals surface area contributed by atoms with Gasteiger partial charge < -0.3 is 10.0 Å². The molecule has 2 rings (SSSR count). The van der Waals surface area contributed by atoms with E-state index in [0.717, 1.165) is 0 Å². The third kappa shape index (κ3) is 1.94. The van der Waals surface area contributed by atoms with Gasteiger partial charge in [0.25, 0.3) is 0 Å². The second-order valence-corrected chi connectivity index (χ2v) is 4.31. The Kier molecular flexibility index (Phi) is 3.17. The van der Waals surface area contributed by atoms with Crippen LogP contribution in [0.4, 0.5) is 13.2 Å². The normalized spacial score (nSPS) is 35.1. The quantitative estimate of drug-likeness (QED) is 0.510. The number of nitrogens with zero attached hydrogens (tertiary/aromatic N) is 2. The van der Waals surface area contributed by atoms with Gasteiger partial charge in [-0.3, -0.25) is 4.90 Å². The smallest absolute Gasteiger partial charge is 0.426 e. The molecule has 2 aliphatic heterocycles. The van der Waals surface area contributed by atoms with Gasteiger partial charge in [0.15, 0.2) is 6.30 Å². The van der Waals surface area contributed by atoms with Crippen molar-refractivity contribution in [2.24, 2.45) is 0 Å². The number of hydrogen-bond donors (Lipinski definition) is 2. The minimum atomic E-state index is -3.34. The Bertz CT molecular complexity index is 270. The molecule has 2 aliphatic rings. The fraction of sp³-hybridized carbons (Fsp3) is 1.00. The highest BCUT2D eigenvalue weighted by molar-refractivity contribution is 6.41. The molecule has 2 saturated heterocycles. The fourth-order valence-electron chi connectivity index (χ4n) is 2.52. The molecular weight excluding hydrogens is 224 g/mol. The molecule has 0 radical (unpaired) electrons. The second-order valence-electron chi connectivity index (χ2n) is 4.31. The van der Waals surface area contributed by atoms with E-state index in [4.69, 9.17) is 10.0 Å². The summed E-state index contributed by atoms with van der Waals surface area (Å²) in [6.07, 6.45) is -1.68. The van der Waals surface area contributed by atoms with Crippen molar-refractivity contribution in [1.29, 1.82) is 0 Å². The average Bonchev–Trinajstić information content (AvgIpc) is 2.60. The highest BCUT2D eigenvalue weighted by atomic mass is 19.3. The van der Waals surface area contributed by atoms with Crippen LogP contribution in [0.3, 0.4) is 0 Å². The molecule has 92 valence electrons. The lowest BCUT2D eigenvalue weighted by atomic mass is 9.89. The van der Waals surface area contributed by atoms with Crippen LogP contribution in [-0.2, 0) is 0 Å². The zero-order valence-electron chi connectivity index (χ0n) is 8.69.